The molecule has 0 bridgehead atoms. The van der Waals surface area contributed by atoms with Gasteiger partial charge < -0.3 is 15.5 Å². The van der Waals surface area contributed by atoms with Gasteiger partial charge in [0.25, 0.3) is 0 Å². The maximum atomic E-state index is 13.3. The first-order valence-electron chi connectivity index (χ1n) is 12.2. The number of benzene rings is 2. The SMILES string of the molecule is CC(=O)Nc1ccc(NC(=O)C2CCCN2C(=O)C2CCN(S(=O)(=O)c3ccc(C)cc3)CC2)cc1. The molecule has 0 radical (unpaired) electrons. The summed E-state index contributed by atoms with van der Waals surface area (Å²) < 4.78 is 27.4. The zero-order chi connectivity index (χ0) is 25.9. The number of nitrogens with zero attached hydrogens (tertiary/aromatic N) is 2. The predicted molar refractivity (Wildman–Crippen MR) is 137 cm³/mol. The lowest BCUT2D eigenvalue weighted by atomic mass is 9.96. The van der Waals surface area contributed by atoms with Crippen LogP contribution in [0.4, 0.5) is 11.4 Å². The molecule has 36 heavy (non-hydrogen) atoms. The molecule has 1 unspecified atom stereocenters. The van der Waals surface area contributed by atoms with Crippen molar-refractivity contribution in [2.45, 2.75) is 50.5 Å². The largest absolute Gasteiger partial charge is 0.330 e. The highest BCUT2D eigenvalue weighted by molar-refractivity contribution is 7.89. The van der Waals surface area contributed by atoms with E-state index < -0.39 is 16.1 Å². The minimum atomic E-state index is -3.59. The van der Waals surface area contributed by atoms with E-state index in [2.05, 4.69) is 10.6 Å². The lowest BCUT2D eigenvalue weighted by Gasteiger charge is -2.34. The smallest absolute Gasteiger partial charge is 0.247 e. The Hall–Kier alpha value is -3.24. The quantitative estimate of drug-likeness (QED) is 0.617. The first-order chi connectivity index (χ1) is 17.1. The van der Waals surface area contributed by atoms with Gasteiger partial charge in [-0.05, 0) is 69.0 Å². The molecule has 2 saturated heterocycles. The first kappa shape index (κ1) is 25.8. The van der Waals surface area contributed by atoms with Crippen LogP contribution in [0.5, 0.6) is 0 Å². The van der Waals surface area contributed by atoms with E-state index in [1.807, 2.05) is 6.92 Å². The molecule has 0 spiro atoms. The summed E-state index contributed by atoms with van der Waals surface area (Å²) in [6, 6.07) is 13.0. The summed E-state index contributed by atoms with van der Waals surface area (Å²) in [5.41, 5.74) is 2.21. The van der Waals surface area contributed by atoms with Crippen molar-refractivity contribution in [2.75, 3.05) is 30.3 Å². The van der Waals surface area contributed by atoms with Gasteiger partial charge in [0.1, 0.15) is 6.04 Å². The zero-order valence-corrected chi connectivity index (χ0v) is 21.4. The van der Waals surface area contributed by atoms with Gasteiger partial charge in [-0.2, -0.15) is 4.31 Å². The number of likely N-dealkylation sites (tertiary alicyclic amines) is 1. The lowest BCUT2D eigenvalue weighted by molar-refractivity contribution is -0.141. The van der Waals surface area contributed by atoms with Gasteiger partial charge in [0.2, 0.25) is 27.7 Å². The second kappa shape index (κ2) is 10.8. The fourth-order valence-electron chi connectivity index (χ4n) is 4.81. The Labute approximate surface area is 211 Å². The van der Waals surface area contributed by atoms with Crippen LogP contribution in [0.1, 0.15) is 38.2 Å². The zero-order valence-electron chi connectivity index (χ0n) is 20.6. The molecule has 2 aromatic rings. The summed E-state index contributed by atoms with van der Waals surface area (Å²) in [5, 5.41) is 5.55. The van der Waals surface area contributed by atoms with Crippen molar-refractivity contribution >= 4 is 39.1 Å². The number of carbonyl (C=O) groups excluding carboxylic acids is 3. The number of hydrogen-bond acceptors (Lipinski definition) is 5. The summed E-state index contributed by atoms with van der Waals surface area (Å²) in [4.78, 5) is 39.4. The van der Waals surface area contributed by atoms with Gasteiger partial charge in [-0.3, -0.25) is 14.4 Å². The van der Waals surface area contributed by atoms with Crippen LogP contribution in [0.15, 0.2) is 53.4 Å². The molecule has 4 rings (SSSR count). The van der Waals surface area contributed by atoms with Crippen molar-refractivity contribution in [1.29, 1.82) is 0 Å². The monoisotopic (exact) mass is 512 g/mol. The van der Waals surface area contributed by atoms with Gasteiger partial charge in [0.15, 0.2) is 0 Å². The summed E-state index contributed by atoms with van der Waals surface area (Å²) in [5.74, 6) is -0.807. The number of amides is 3. The van der Waals surface area contributed by atoms with E-state index in [0.717, 1.165) is 12.0 Å². The van der Waals surface area contributed by atoms with Crippen LogP contribution in [0.2, 0.25) is 0 Å². The Morgan fingerprint density at radius 2 is 1.42 bits per heavy atom. The molecule has 0 aromatic heterocycles. The number of piperidine rings is 1. The van der Waals surface area contributed by atoms with Crippen LogP contribution in [0.3, 0.4) is 0 Å². The second-order valence-corrected chi connectivity index (χ2v) is 11.4. The Morgan fingerprint density at radius 3 is 2.00 bits per heavy atom. The predicted octanol–water partition coefficient (Wildman–Crippen LogP) is 2.98. The molecule has 9 nitrogen and oxygen atoms in total. The third kappa shape index (κ3) is 5.76. The highest BCUT2D eigenvalue weighted by atomic mass is 32.2. The topological polar surface area (TPSA) is 116 Å². The molecule has 192 valence electrons. The average molecular weight is 513 g/mol. The second-order valence-electron chi connectivity index (χ2n) is 9.43. The van der Waals surface area contributed by atoms with Crippen LogP contribution in [-0.4, -0.2) is 61.0 Å². The third-order valence-corrected chi connectivity index (χ3v) is 8.69. The van der Waals surface area contributed by atoms with E-state index in [0.29, 0.717) is 37.2 Å². The number of rotatable bonds is 6. The number of sulfonamides is 1. The minimum Gasteiger partial charge on any atom is -0.330 e. The molecule has 0 saturated carbocycles. The van der Waals surface area contributed by atoms with Gasteiger partial charge in [-0.1, -0.05) is 17.7 Å². The maximum absolute atomic E-state index is 13.3. The van der Waals surface area contributed by atoms with E-state index in [4.69, 9.17) is 0 Å². The molecule has 2 fully saturated rings. The van der Waals surface area contributed by atoms with Gasteiger partial charge in [0, 0.05) is 43.9 Å². The van der Waals surface area contributed by atoms with Crippen LogP contribution in [0.25, 0.3) is 0 Å². The Kier molecular flexibility index (Phi) is 7.75. The number of carbonyl (C=O) groups is 3. The van der Waals surface area contributed by atoms with E-state index in [9.17, 15) is 22.8 Å². The van der Waals surface area contributed by atoms with Gasteiger partial charge in [-0.15, -0.1) is 0 Å². The Balaban J connectivity index is 1.34. The first-order valence-corrected chi connectivity index (χ1v) is 13.6. The summed E-state index contributed by atoms with van der Waals surface area (Å²) in [6.07, 6.45) is 2.19. The van der Waals surface area contributed by atoms with Crippen LogP contribution >= 0.6 is 0 Å². The molecule has 2 N–H and O–H groups in total. The van der Waals surface area contributed by atoms with Gasteiger partial charge in [0.05, 0.1) is 4.90 Å². The van der Waals surface area contributed by atoms with Crippen molar-refractivity contribution < 1.29 is 22.8 Å². The minimum absolute atomic E-state index is 0.0824. The summed E-state index contributed by atoms with van der Waals surface area (Å²) in [6.45, 7) is 4.40. The van der Waals surface area contributed by atoms with E-state index >= 15 is 0 Å². The van der Waals surface area contributed by atoms with Crippen molar-refractivity contribution in [2.24, 2.45) is 5.92 Å². The molecule has 2 aliphatic heterocycles. The standard InChI is InChI=1S/C26H32N4O5S/c1-18-5-11-23(12-6-18)36(34,35)29-16-13-20(14-17-29)26(33)30-15-3-4-24(30)25(32)28-22-9-7-21(8-10-22)27-19(2)31/h5-12,20,24H,3-4,13-17H2,1-2H3,(H,27,31)(H,28,32). The number of aryl methyl sites for hydroxylation is 1. The van der Waals surface area contributed by atoms with Crippen molar-refractivity contribution in [1.82, 2.24) is 9.21 Å². The van der Waals surface area contributed by atoms with E-state index in [1.165, 1.54) is 11.2 Å². The Morgan fingerprint density at radius 1 is 0.833 bits per heavy atom. The van der Waals surface area contributed by atoms with E-state index in [-0.39, 0.29) is 41.6 Å². The molecule has 0 aliphatic carbocycles. The van der Waals surface area contributed by atoms with Gasteiger partial charge >= 0.3 is 0 Å². The van der Waals surface area contributed by atoms with Crippen molar-refractivity contribution in [3.8, 4) is 0 Å². The average Bonchev–Trinajstić information content (AvgIpc) is 3.35. The van der Waals surface area contributed by atoms with Crippen LogP contribution in [0, 0.1) is 12.8 Å². The van der Waals surface area contributed by atoms with Crippen LogP contribution in [-0.2, 0) is 24.4 Å². The van der Waals surface area contributed by atoms with E-state index in [1.54, 1.807) is 53.4 Å². The molecule has 2 aliphatic rings. The highest BCUT2D eigenvalue weighted by Crippen LogP contribution is 2.29. The third-order valence-electron chi connectivity index (χ3n) is 6.77. The fraction of sp³-hybridized carbons (Fsp3) is 0.423. The molecule has 2 heterocycles. The molecule has 1 atom stereocenters. The maximum Gasteiger partial charge on any atom is 0.247 e. The number of anilines is 2. The molecular weight excluding hydrogens is 480 g/mol. The van der Waals surface area contributed by atoms with Crippen molar-refractivity contribution in [3.63, 3.8) is 0 Å². The van der Waals surface area contributed by atoms with Gasteiger partial charge in [-0.25, -0.2) is 8.42 Å². The number of hydrogen-bond donors (Lipinski definition) is 2. The molecule has 2 aromatic carbocycles. The highest BCUT2D eigenvalue weighted by Gasteiger charge is 2.39. The van der Waals surface area contributed by atoms with Crippen LogP contribution < -0.4 is 10.6 Å². The molecular formula is C26H32N4O5S. The normalized spacial score (nSPS) is 19.2. The number of nitrogens with one attached hydrogen (secondary N) is 2. The Bertz CT molecular complexity index is 1220. The van der Waals surface area contributed by atoms with Crippen molar-refractivity contribution in [3.05, 3.63) is 54.1 Å². The summed E-state index contributed by atoms with van der Waals surface area (Å²) in [7, 11) is -3.59. The fourth-order valence-corrected chi connectivity index (χ4v) is 6.28. The summed E-state index contributed by atoms with van der Waals surface area (Å²) >= 11 is 0. The molecule has 3 amide bonds. The molecule has 10 heteroatoms. The lowest BCUT2D eigenvalue weighted by Crippen LogP contribution is -2.48.